The molecule has 198 valence electrons. The highest BCUT2D eigenvalue weighted by Crippen LogP contribution is 2.38. The number of unbranched alkanes of at least 4 members (excludes halogenated alkanes) is 2. The Morgan fingerprint density at radius 2 is 1.74 bits per heavy atom. The van der Waals surface area contributed by atoms with Crippen LogP contribution in [-0.2, 0) is 21.2 Å². The summed E-state index contributed by atoms with van der Waals surface area (Å²) in [6.45, 7) is 1.70. The SMILES string of the molecule is O=C1Nc2ccccc2N(S(=O)(=O)c2ccc(Cl)c(Cl)c2)[C@@H]1CCCCCc1ccc(C2=NCCN2)cc1. The summed E-state index contributed by atoms with van der Waals surface area (Å²) < 4.78 is 28.8. The fourth-order valence-electron chi connectivity index (χ4n) is 4.82. The number of hydrogen-bond donors (Lipinski definition) is 2. The van der Waals surface area contributed by atoms with Crippen LogP contribution >= 0.6 is 23.2 Å². The summed E-state index contributed by atoms with van der Waals surface area (Å²) in [4.78, 5) is 17.6. The van der Waals surface area contributed by atoms with Crippen molar-refractivity contribution in [3.05, 3.63) is 87.9 Å². The lowest BCUT2D eigenvalue weighted by atomic mass is 10.0. The molecule has 1 atom stereocenters. The van der Waals surface area contributed by atoms with Crippen LogP contribution in [0.15, 0.2) is 76.6 Å². The molecule has 1 amide bonds. The lowest BCUT2D eigenvalue weighted by molar-refractivity contribution is -0.117. The molecular weight excluding hydrogens is 543 g/mol. The largest absolute Gasteiger partial charge is 0.368 e. The van der Waals surface area contributed by atoms with Crippen LogP contribution in [0.1, 0.15) is 36.8 Å². The number of sulfonamides is 1. The number of carbonyl (C=O) groups excluding carboxylic acids is 1. The zero-order valence-corrected chi connectivity index (χ0v) is 23.0. The summed E-state index contributed by atoms with van der Waals surface area (Å²) >= 11 is 12.1. The van der Waals surface area contributed by atoms with Gasteiger partial charge in [-0.25, -0.2) is 8.42 Å². The summed E-state index contributed by atoms with van der Waals surface area (Å²) in [5.41, 5.74) is 3.22. The third kappa shape index (κ3) is 5.53. The van der Waals surface area contributed by atoms with E-state index in [4.69, 9.17) is 23.2 Å². The highest BCUT2D eigenvalue weighted by atomic mass is 35.5. The van der Waals surface area contributed by atoms with Gasteiger partial charge in [0.2, 0.25) is 5.91 Å². The highest BCUT2D eigenvalue weighted by molar-refractivity contribution is 7.93. The van der Waals surface area contributed by atoms with Crippen molar-refractivity contribution in [2.75, 3.05) is 22.7 Å². The predicted octanol–water partition coefficient (Wildman–Crippen LogP) is 5.66. The van der Waals surface area contributed by atoms with E-state index in [0.29, 0.717) is 24.2 Å². The number of rotatable bonds is 9. The number of aryl methyl sites for hydroxylation is 1. The Morgan fingerprint density at radius 3 is 2.47 bits per heavy atom. The summed E-state index contributed by atoms with van der Waals surface area (Å²) in [6, 6.07) is 18.6. The van der Waals surface area contributed by atoms with Gasteiger partial charge < -0.3 is 10.6 Å². The van der Waals surface area contributed by atoms with E-state index in [1.54, 1.807) is 24.3 Å². The van der Waals surface area contributed by atoms with Gasteiger partial charge in [0, 0.05) is 12.1 Å². The molecule has 0 aromatic heterocycles. The van der Waals surface area contributed by atoms with Crippen molar-refractivity contribution in [2.45, 2.75) is 43.0 Å². The molecule has 0 unspecified atom stereocenters. The quantitative estimate of drug-likeness (QED) is 0.324. The van der Waals surface area contributed by atoms with Crippen LogP contribution in [0.4, 0.5) is 11.4 Å². The number of para-hydroxylation sites is 2. The molecule has 0 spiro atoms. The van der Waals surface area contributed by atoms with E-state index in [9.17, 15) is 13.2 Å². The molecule has 3 aromatic rings. The van der Waals surface area contributed by atoms with Crippen molar-refractivity contribution in [3.63, 3.8) is 0 Å². The van der Waals surface area contributed by atoms with Crippen LogP contribution < -0.4 is 14.9 Å². The maximum Gasteiger partial charge on any atom is 0.265 e. The van der Waals surface area contributed by atoms with Crippen molar-refractivity contribution in [3.8, 4) is 0 Å². The van der Waals surface area contributed by atoms with Crippen LogP contribution in [0.25, 0.3) is 0 Å². The van der Waals surface area contributed by atoms with Gasteiger partial charge in [-0.05, 0) is 55.2 Å². The predicted molar refractivity (Wildman–Crippen MR) is 153 cm³/mol. The second-order valence-electron chi connectivity index (χ2n) is 9.35. The smallest absolute Gasteiger partial charge is 0.265 e. The molecular formula is C28H28Cl2N4O3S. The first-order valence-corrected chi connectivity index (χ1v) is 14.8. The van der Waals surface area contributed by atoms with E-state index in [0.717, 1.165) is 43.8 Å². The first kappa shape index (κ1) is 26.5. The van der Waals surface area contributed by atoms with Crippen molar-refractivity contribution >= 4 is 56.3 Å². The van der Waals surface area contributed by atoms with E-state index in [-0.39, 0.29) is 20.8 Å². The Kier molecular flexibility index (Phi) is 7.93. The summed E-state index contributed by atoms with van der Waals surface area (Å²) in [6.07, 6.45) is 3.80. The topological polar surface area (TPSA) is 90.9 Å². The molecule has 10 heteroatoms. The molecule has 0 bridgehead atoms. The second kappa shape index (κ2) is 11.4. The zero-order chi connectivity index (χ0) is 26.7. The van der Waals surface area contributed by atoms with Gasteiger partial charge in [0.15, 0.2) is 0 Å². The van der Waals surface area contributed by atoms with Crippen LogP contribution in [-0.4, -0.2) is 39.3 Å². The summed E-state index contributed by atoms with van der Waals surface area (Å²) in [5, 5.41) is 6.55. The highest BCUT2D eigenvalue weighted by Gasteiger charge is 2.40. The van der Waals surface area contributed by atoms with Gasteiger partial charge in [-0.1, -0.05) is 72.4 Å². The fourth-order valence-corrected chi connectivity index (χ4v) is 6.87. The lowest BCUT2D eigenvalue weighted by Gasteiger charge is -2.37. The van der Waals surface area contributed by atoms with Gasteiger partial charge in [-0.3, -0.25) is 14.1 Å². The number of benzene rings is 3. The Labute approximate surface area is 232 Å². The lowest BCUT2D eigenvalue weighted by Crippen LogP contribution is -2.50. The third-order valence-corrected chi connectivity index (χ3v) is 9.34. The van der Waals surface area contributed by atoms with E-state index in [1.807, 2.05) is 0 Å². The number of carbonyl (C=O) groups is 1. The minimum atomic E-state index is -4.08. The number of anilines is 2. The number of fused-ring (bicyclic) bond motifs is 1. The van der Waals surface area contributed by atoms with E-state index >= 15 is 0 Å². The van der Waals surface area contributed by atoms with Gasteiger partial charge in [-0.15, -0.1) is 0 Å². The molecule has 0 saturated carbocycles. The Balaban J connectivity index is 1.27. The minimum absolute atomic E-state index is 0.0105. The third-order valence-electron chi connectivity index (χ3n) is 6.78. The molecule has 2 aliphatic rings. The van der Waals surface area contributed by atoms with Gasteiger partial charge >= 0.3 is 0 Å². The van der Waals surface area contributed by atoms with Crippen LogP contribution in [0, 0.1) is 0 Å². The molecule has 3 aromatic carbocycles. The van der Waals surface area contributed by atoms with E-state index in [1.165, 1.54) is 28.1 Å². The number of hydrogen-bond acceptors (Lipinski definition) is 5. The Hall–Kier alpha value is -3.07. The first-order valence-electron chi connectivity index (χ1n) is 12.6. The molecule has 7 nitrogen and oxygen atoms in total. The minimum Gasteiger partial charge on any atom is -0.368 e. The molecule has 2 aliphatic heterocycles. The number of nitrogens with zero attached hydrogens (tertiary/aromatic N) is 2. The first-order chi connectivity index (χ1) is 18.3. The van der Waals surface area contributed by atoms with Gasteiger partial charge in [-0.2, -0.15) is 0 Å². The maximum atomic E-state index is 13.8. The Morgan fingerprint density at radius 1 is 0.947 bits per heavy atom. The van der Waals surface area contributed by atoms with Gasteiger partial charge in [0.1, 0.15) is 11.9 Å². The number of nitrogens with one attached hydrogen (secondary N) is 2. The van der Waals surface area contributed by atoms with Gasteiger partial charge in [0.25, 0.3) is 10.0 Å². The van der Waals surface area contributed by atoms with E-state index < -0.39 is 16.1 Å². The van der Waals surface area contributed by atoms with Crippen LogP contribution in [0.2, 0.25) is 10.0 Å². The fraction of sp³-hybridized carbons (Fsp3) is 0.286. The molecule has 0 saturated heterocycles. The van der Waals surface area contributed by atoms with Crippen molar-refractivity contribution < 1.29 is 13.2 Å². The zero-order valence-electron chi connectivity index (χ0n) is 20.7. The number of amidine groups is 1. The van der Waals surface area contributed by atoms with Gasteiger partial charge in [0.05, 0.1) is 32.9 Å². The molecule has 0 radical (unpaired) electrons. The molecule has 5 rings (SSSR count). The average molecular weight is 572 g/mol. The van der Waals surface area contributed by atoms with Crippen molar-refractivity contribution in [2.24, 2.45) is 4.99 Å². The van der Waals surface area contributed by atoms with Crippen LogP contribution in [0.5, 0.6) is 0 Å². The maximum absolute atomic E-state index is 13.8. The number of halogens is 2. The number of aliphatic imine (C=N–C) groups is 1. The molecule has 2 N–H and O–H groups in total. The molecule has 0 aliphatic carbocycles. The standard InChI is InChI=1S/C28H28Cl2N4O3S/c29-22-15-14-21(18-23(22)30)38(36,37)34-25-8-5-4-7-24(25)33-28(35)26(34)9-3-1-2-6-19-10-12-20(13-11-19)27-31-16-17-32-27/h4-5,7-8,10-15,18,26H,1-3,6,9,16-17H2,(H,31,32)(H,33,35)/t26-/m1/s1. The molecule has 2 heterocycles. The number of amides is 1. The summed E-state index contributed by atoms with van der Waals surface area (Å²) in [7, 11) is -4.08. The summed E-state index contributed by atoms with van der Waals surface area (Å²) in [5.74, 6) is 0.607. The molecule has 38 heavy (non-hydrogen) atoms. The van der Waals surface area contributed by atoms with Crippen molar-refractivity contribution in [1.82, 2.24) is 5.32 Å². The normalized spacial score (nSPS) is 17.0. The van der Waals surface area contributed by atoms with E-state index in [2.05, 4.69) is 39.9 Å². The second-order valence-corrected chi connectivity index (χ2v) is 12.0. The monoisotopic (exact) mass is 570 g/mol. The average Bonchev–Trinajstić information content (AvgIpc) is 3.45. The Bertz CT molecular complexity index is 1480. The van der Waals surface area contributed by atoms with Crippen molar-refractivity contribution in [1.29, 1.82) is 0 Å². The van der Waals surface area contributed by atoms with Crippen LogP contribution in [0.3, 0.4) is 0 Å². The molecule has 0 fully saturated rings.